The number of aliphatic hydroxyl groups excluding tert-OH is 1. The molecule has 2 aromatic rings. The normalized spacial score (nSPS) is 10.3. The summed E-state index contributed by atoms with van der Waals surface area (Å²) in [5, 5.41) is 12.3. The fourth-order valence-corrected chi connectivity index (χ4v) is 2.11. The number of nitrogens with one attached hydrogen (secondary N) is 1. The van der Waals surface area contributed by atoms with Crippen molar-refractivity contribution in [2.24, 2.45) is 0 Å². The molecule has 3 nitrogen and oxygen atoms in total. The predicted molar refractivity (Wildman–Crippen MR) is 81.4 cm³/mol. The van der Waals surface area contributed by atoms with E-state index in [1.165, 1.54) is 0 Å². The second-order valence-electron chi connectivity index (χ2n) is 4.54. The van der Waals surface area contributed by atoms with E-state index in [1.54, 1.807) is 18.2 Å². The number of benzene rings is 2. The number of halogens is 1. The Labute approximate surface area is 123 Å². The summed E-state index contributed by atoms with van der Waals surface area (Å²) in [6, 6.07) is 12.7. The summed E-state index contributed by atoms with van der Waals surface area (Å²) in [7, 11) is 0. The second kappa shape index (κ2) is 6.55. The van der Waals surface area contributed by atoms with Gasteiger partial charge in [0, 0.05) is 22.9 Å². The van der Waals surface area contributed by atoms with Gasteiger partial charge < -0.3 is 10.4 Å². The highest BCUT2D eigenvalue weighted by Crippen LogP contribution is 2.20. The molecule has 0 saturated carbocycles. The van der Waals surface area contributed by atoms with E-state index in [2.05, 4.69) is 5.32 Å². The van der Waals surface area contributed by atoms with Crippen LogP contribution >= 0.6 is 11.6 Å². The predicted octanol–water partition coefficient (Wildman–Crippen LogP) is 3.44. The summed E-state index contributed by atoms with van der Waals surface area (Å²) >= 11 is 6.01. The van der Waals surface area contributed by atoms with Crippen LogP contribution in [0, 0.1) is 6.92 Å². The van der Waals surface area contributed by atoms with Crippen molar-refractivity contribution < 1.29 is 9.90 Å². The van der Waals surface area contributed by atoms with Gasteiger partial charge in [-0.2, -0.15) is 0 Å². The second-order valence-corrected chi connectivity index (χ2v) is 4.94. The molecule has 0 saturated heterocycles. The van der Waals surface area contributed by atoms with Gasteiger partial charge in [-0.3, -0.25) is 4.79 Å². The Morgan fingerprint density at radius 3 is 2.55 bits per heavy atom. The highest BCUT2D eigenvalue weighted by Gasteiger charge is 2.10. The van der Waals surface area contributed by atoms with Gasteiger partial charge in [-0.25, -0.2) is 0 Å². The van der Waals surface area contributed by atoms with E-state index in [9.17, 15) is 4.79 Å². The van der Waals surface area contributed by atoms with Crippen LogP contribution in [0.5, 0.6) is 0 Å². The maximum Gasteiger partial charge on any atom is 0.255 e. The lowest BCUT2D eigenvalue weighted by atomic mass is 10.1. The zero-order chi connectivity index (χ0) is 14.5. The lowest BCUT2D eigenvalue weighted by molar-refractivity contribution is 0.102. The van der Waals surface area contributed by atoms with Gasteiger partial charge in [0.2, 0.25) is 0 Å². The molecular formula is C16H16ClNO2. The Kier molecular flexibility index (Phi) is 4.77. The van der Waals surface area contributed by atoms with Gasteiger partial charge in [0.15, 0.2) is 0 Å². The number of aliphatic hydroxyl groups is 1. The number of anilines is 1. The zero-order valence-electron chi connectivity index (χ0n) is 11.2. The van der Waals surface area contributed by atoms with Crippen molar-refractivity contribution in [3.8, 4) is 0 Å². The van der Waals surface area contributed by atoms with E-state index in [4.69, 9.17) is 16.7 Å². The van der Waals surface area contributed by atoms with E-state index in [0.29, 0.717) is 17.0 Å². The molecule has 0 aromatic heterocycles. The van der Waals surface area contributed by atoms with Crippen LogP contribution in [0.15, 0.2) is 42.5 Å². The topological polar surface area (TPSA) is 49.3 Å². The van der Waals surface area contributed by atoms with E-state index in [-0.39, 0.29) is 12.5 Å². The molecule has 4 heteroatoms. The zero-order valence-corrected chi connectivity index (χ0v) is 11.9. The molecule has 0 heterocycles. The van der Waals surface area contributed by atoms with Gasteiger partial charge in [-0.1, -0.05) is 29.8 Å². The van der Waals surface area contributed by atoms with Crippen molar-refractivity contribution in [1.82, 2.24) is 0 Å². The molecule has 0 bridgehead atoms. The minimum atomic E-state index is -0.181. The quantitative estimate of drug-likeness (QED) is 0.906. The lowest BCUT2D eigenvalue weighted by Crippen LogP contribution is -2.13. The number of rotatable bonds is 4. The smallest absolute Gasteiger partial charge is 0.255 e. The maximum absolute atomic E-state index is 12.2. The first-order valence-electron chi connectivity index (χ1n) is 6.38. The first-order chi connectivity index (χ1) is 9.61. The molecule has 0 aliphatic heterocycles. The number of carbonyl (C=O) groups excluding carboxylic acids is 1. The summed E-state index contributed by atoms with van der Waals surface area (Å²) in [4.78, 5) is 12.2. The summed E-state index contributed by atoms with van der Waals surface area (Å²) in [6.07, 6.45) is 0.613. The van der Waals surface area contributed by atoms with Crippen molar-refractivity contribution >= 4 is 23.2 Å². The third kappa shape index (κ3) is 3.38. The van der Waals surface area contributed by atoms with E-state index < -0.39 is 0 Å². The van der Waals surface area contributed by atoms with Crippen LogP contribution in [0.3, 0.4) is 0 Å². The number of hydrogen-bond donors (Lipinski definition) is 2. The van der Waals surface area contributed by atoms with E-state index in [0.717, 1.165) is 16.8 Å². The molecule has 0 spiro atoms. The van der Waals surface area contributed by atoms with Gasteiger partial charge >= 0.3 is 0 Å². The van der Waals surface area contributed by atoms with Crippen molar-refractivity contribution in [2.75, 3.05) is 11.9 Å². The molecule has 2 rings (SSSR count). The van der Waals surface area contributed by atoms with Crippen LogP contribution in [0.1, 0.15) is 21.5 Å². The standard InChI is InChI=1S/C16H16ClNO2/c1-11-14(3-2-4-15(11)17)16(20)18-13-7-5-12(6-8-13)9-10-19/h2-8,19H,9-10H2,1H3,(H,18,20). The average molecular weight is 290 g/mol. The van der Waals surface area contributed by atoms with Crippen LogP contribution in [0.2, 0.25) is 5.02 Å². The van der Waals surface area contributed by atoms with Crippen LogP contribution < -0.4 is 5.32 Å². The minimum Gasteiger partial charge on any atom is -0.396 e. The SMILES string of the molecule is Cc1c(Cl)cccc1C(=O)Nc1ccc(CCO)cc1. The van der Waals surface area contributed by atoms with Gasteiger partial charge in [0.25, 0.3) is 5.91 Å². The first-order valence-corrected chi connectivity index (χ1v) is 6.76. The number of amides is 1. The molecule has 2 N–H and O–H groups in total. The maximum atomic E-state index is 12.2. The van der Waals surface area contributed by atoms with Crippen LogP contribution in [0.4, 0.5) is 5.69 Å². The van der Waals surface area contributed by atoms with Crippen molar-refractivity contribution in [2.45, 2.75) is 13.3 Å². The molecular weight excluding hydrogens is 274 g/mol. The summed E-state index contributed by atoms with van der Waals surface area (Å²) < 4.78 is 0. The van der Waals surface area contributed by atoms with Gasteiger partial charge in [-0.05, 0) is 48.7 Å². The number of hydrogen-bond acceptors (Lipinski definition) is 2. The summed E-state index contributed by atoms with van der Waals surface area (Å²) in [5.41, 5.74) is 3.08. The Hall–Kier alpha value is -1.84. The Morgan fingerprint density at radius 1 is 1.20 bits per heavy atom. The molecule has 0 atom stereocenters. The molecule has 0 radical (unpaired) electrons. The Bertz CT molecular complexity index is 608. The van der Waals surface area contributed by atoms with E-state index >= 15 is 0 Å². The Balaban J connectivity index is 2.13. The third-order valence-corrected chi connectivity index (χ3v) is 3.53. The Morgan fingerprint density at radius 2 is 1.90 bits per heavy atom. The van der Waals surface area contributed by atoms with Crippen LogP contribution in [-0.4, -0.2) is 17.6 Å². The molecule has 2 aromatic carbocycles. The molecule has 0 aliphatic carbocycles. The van der Waals surface area contributed by atoms with Gasteiger partial charge in [0.05, 0.1) is 0 Å². The fraction of sp³-hybridized carbons (Fsp3) is 0.188. The van der Waals surface area contributed by atoms with Crippen LogP contribution in [0.25, 0.3) is 0 Å². The van der Waals surface area contributed by atoms with Crippen molar-refractivity contribution in [1.29, 1.82) is 0 Å². The molecule has 0 aliphatic rings. The van der Waals surface area contributed by atoms with Crippen molar-refractivity contribution in [3.05, 3.63) is 64.2 Å². The minimum absolute atomic E-state index is 0.118. The monoisotopic (exact) mass is 289 g/mol. The van der Waals surface area contributed by atoms with Crippen molar-refractivity contribution in [3.63, 3.8) is 0 Å². The molecule has 0 unspecified atom stereocenters. The first kappa shape index (κ1) is 14.6. The molecule has 20 heavy (non-hydrogen) atoms. The molecule has 1 amide bonds. The van der Waals surface area contributed by atoms with Gasteiger partial charge in [-0.15, -0.1) is 0 Å². The highest BCUT2D eigenvalue weighted by atomic mass is 35.5. The van der Waals surface area contributed by atoms with Crippen LogP contribution in [-0.2, 0) is 6.42 Å². The number of carbonyl (C=O) groups is 1. The highest BCUT2D eigenvalue weighted by molar-refractivity contribution is 6.32. The summed E-state index contributed by atoms with van der Waals surface area (Å²) in [5.74, 6) is -0.181. The lowest BCUT2D eigenvalue weighted by Gasteiger charge is -2.09. The average Bonchev–Trinajstić information content (AvgIpc) is 2.44. The van der Waals surface area contributed by atoms with E-state index in [1.807, 2.05) is 31.2 Å². The van der Waals surface area contributed by atoms with Gasteiger partial charge in [0.1, 0.15) is 0 Å². The molecule has 0 fully saturated rings. The molecule has 104 valence electrons. The summed E-state index contributed by atoms with van der Waals surface area (Å²) in [6.45, 7) is 1.94. The largest absolute Gasteiger partial charge is 0.396 e. The fourth-order valence-electron chi connectivity index (χ4n) is 1.94. The third-order valence-electron chi connectivity index (χ3n) is 3.12.